The predicted octanol–water partition coefficient (Wildman–Crippen LogP) is 2.51. The van der Waals surface area contributed by atoms with Gasteiger partial charge in [-0.25, -0.2) is 4.79 Å². The summed E-state index contributed by atoms with van der Waals surface area (Å²) in [7, 11) is 0. The maximum Gasteiger partial charge on any atom is 0.411 e. The summed E-state index contributed by atoms with van der Waals surface area (Å²) < 4.78 is 5.43. The van der Waals surface area contributed by atoms with Gasteiger partial charge in [-0.15, -0.1) is 0 Å². The first kappa shape index (κ1) is 12.4. The van der Waals surface area contributed by atoms with Gasteiger partial charge in [-0.1, -0.05) is 0 Å². The Morgan fingerprint density at radius 2 is 2.12 bits per heavy atom. The zero-order valence-electron chi connectivity index (χ0n) is 11.1. The maximum absolute atomic E-state index is 12.2. The van der Waals surface area contributed by atoms with E-state index in [1.807, 2.05) is 27.7 Å². The van der Waals surface area contributed by atoms with E-state index in [0.717, 1.165) is 12.8 Å². The lowest BCUT2D eigenvalue weighted by molar-refractivity contribution is -0.125. The molecule has 2 heterocycles. The molecule has 0 radical (unpaired) electrons. The summed E-state index contributed by atoms with van der Waals surface area (Å²) in [4.78, 5) is 25.6. The quantitative estimate of drug-likeness (QED) is 0.652. The van der Waals surface area contributed by atoms with E-state index in [0.29, 0.717) is 12.8 Å². The molecule has 0 aromatic rings. The lowest BCUT2D eigenvalue weighted by Gasteiger charge is -2.42. The molecule has 0 N–H and O–H groups in total. The van der Waals surface area contributed by atoms with Crippen molar-refractivity contribution in [2.75, 3.05) is 0 Å². The highest BCUT2D eigenvalue weighted by Crippen LogP contribution is 2.43. The van der Waals surface area contributed by atoms with E-state index in [-0.39, 0.29) is 23.5 Å². The fourth-order valence-electron chi connectivity index (χ4n) is 2.98. The van der Waals surface area contributed by atoms with Gasteiger partial charge in [0.15, 0.2) is 0 Å². The number of amides is 1. The Bertz CT molecular complexity index is 358. The SMILES string of the molecule is CC(C)(C)OC(=O)N1C2CC[C@@]1(C)CC(=O)C2. The summed E-state index contributed by atoms with van der Waals surface area (Å²) in [6.45, 7) is 7.59. The molecule has 4 heteroatoms. The van der Waals surface area contributed by atoms with Gasteiger partial charge >= 0.3 is 6.09 Å². The molecule has 2 saturated heterocycles. The van der Waals surface area contributed by atoms with Crippen LogP contribution < -0.4 is 0 Å². The normalized spacial score (nSPS) is 32.8. The number of piperidine rings is 1. The number of nitrogens with zero attached hydrogens (tertiary/aromatic N) is 1. The highest BCUT2D eigenvalue weighted by Gasteiger charge is 2.51. The molecular formula is C13H21NO3. The summed E-state index contributed by atoms with van der Waals surface area (Å²) in [6, 6.07) is 0.0519. The first-order valence-electron chi connectivity index (χ1n) is 6.25. The Balaban J connectivity index is 2.17. The predicted molar refractivity (Wildman–Crippen MR) is 63.7 cm³/mol. The van der Waals surface area contributed by atoms with Crippen molar-refractivity contribution >= 4 is 11.9 Å². The maximum atomic E-state index is 12.2. The fraction of sp³-hybridized carbons (Fsp3) is 0.846. The third-order valence-corrected chi connectivity index (χ3v) is 3.59. The lowest BCUT2D eigenvalue weighted by Crippen LogP contribution is -2.55. The molecule has 2 aliphatic rings. The monoisotopic (exact) mass is 239 g/mol. The van der Waals surface area contributed by atoms with Gasteiger partial charge in [-0.3, -0.25) is 9.69 Å². The lowest BCUT2D eigenvalue weighted by atomic mass is 9.90. The summed E-state index contributed by atoms with van der Waals surface area (Å²) in [5, 5.41) is 0. The number of Topliss-reactive ketones (excluding diaryl/α,β-unsaturated/α-hetero) is 1. The van der Waals surface area contributed by atoms with Crippen molar-refractivity contribution in [2.45, 2.75) is 70.6 Å². The molecule has 0 aliphatic carbocycles. The first-order chi connectivity index (χ1) is 7.71. The first-order valence-corrected chi connectivity index (χ1v) is 6.25. The minimum atomic E-state index is -0.478. The molecule has 2 atom stereocenters. The molecule has 2 bridgehead atoms. The third-order valence-electron chi connectivity index (χ3n) is 3.59. The minimum Gasteiger partial charge on any atom is -0.444 e. The standard InChI is InChI=1S/C13H21NO3/c1-12(2,3)17-11(16)14-9-5-6-13(14,4)8-10(15)7-9/h9H,5-8H2,1-4H3/t9?,13-/m0/s1. The van der Waals surface area contributed by atoms with Gasteiger partial charge < -0.3 is 4.74 Å². The second kappa shape index (κ2) is 3.72. The van der Waals surface area contributed by atoms with Gasteiger partial charge in [0.1, 0.15) is 11.4 Å². The van der Waals surface area contributed by atoms with E-state index in [1.165, 1.54) is 0 Å². The van der Waals surface area contributed by atoms with E-state index in [4.69, 9.17) is 4.74 Å². The average Bonchev–Trinajstić information content (AvgIpc) is 2.31. The molecule has 0 saturated carbocycles. The molecule has 17 heavy (non-hydrogen) atoms. The van der Waals surface area contributed by atoms with Gasteiger partial charge in [-0.05, 0) is 40.5 Å². The van der Waals surface area contributed by atoms with Crippen LogP contribution in [0.5, 0.6) is 0 Å². The second-order valence-electron chi connectivity index (χ2n) is 6.46. The van der Waals surface area contributed by atoms with Gasteiger partial charge in [0.25, 0.3) is 0 Å². The minimum absolute atomic E-state index is 0.0519. The Hall–Kier alpha value is -1.06. The van der Waals surface area contributed by atoms with Crippen molar-refractivity contribution in [1.29, 1.82) is 0 Å². The molecule has 0 aromatic heterocycles. The highest BCUT2D eigenvalue weighted by molar-refractivity contribution is 5.84. The van der Waals surface area contributed by atoms with E-state index >= 15 is 0 Å². The topological polar surface area (TPSA) is 46.6 Å². The Labute approximate surface area is 102 Å². The molecule has 4 nitrogen and oxygen atoms in total. The number of hydrogen-bond acceptors (Lipinski definition) is 3. The van der Waals surface area contributed by atoms with Crippen LogP contribution in [0.2, 0.25) is 0 Å². The number of hydrogen-bond donors (Lipinski definition) is 0. The van der Waals surface area contributed by atoms with E-state index in [2.05, 4.69) is 0 Å². The zero-order chi connectivity index (χ0) is 12.8. The highest BCUT2D eigenvalue weighted by atomic mass is 16.6. The number of carbonyl (C=O) groups excluding carboxylic acids is 2. The van der Waals surface area contributed by atoms with Crippen LogP contribution in [0.1, 0.15) is 53.4 Å². The van der Waals surface area contributed by atoms with E-state index in [9.17, 15) is 9.59 Å². The molecule has 96 valence electrons. The number of ether oxygens (including phenoxy) is 1. The van der Waals surface area contributed by atoms with Crippen LogP contribution >= 0.6 is 0 Å². The van der Waals surface area contributed by atoms with Gasteiger partial charge in [0.05, 0.1) is 5.54 Å². The zero-order valence-corrected chi connectivity index (χ0v) is 11.1. The van der Waals surface area contributed by atoms with Gasteiger partial charge in [0, 0.05) is 18.9 Å². The van der Waals surface area contributed by atoms with E-state index < -0.39 is 5.60 Å². The molecule has 2 aliphatic heterocycles. The van der Waals surface area contributed by atoms with Crippen molar-refractivity contribution in [3.05, 3.63) is 0 Å². The van der Waals surface area contributed by atoms with Crippen molar-refractivity contribution in [1.82, 2.24) is 4.90 Å². The molecule has 1 amide bonds. The van der Waals surface area contributed by atoms with Crippen LogP contribution in [0.25, 0.3) is 0 Å². The molecule has 0 spiro atoms. The molecule has 1 unspecified atom stereocenters. The van der Waals surface area contributed by atoms with Crippen molar-refractivity contribution < 1.29 is 14.3 Å². The Kier molecular flexibility index (Phi) is 2.71. The third kappa shape index (κ3) is 2.31. The van der Waals surface area contributed by atoms with Crippen LogP contribution in [0.3, 0.4) is 0 Å². The summed E-state index contributed by atoms with van der Waals surface area (Å²) in [6.07, 6.45) is 2.52. The molecule has 2 rings (SSSR count). The van der Waals surface area contributed by atoms with Crippen molar-refractivity contribution in [2.24, 2.45) is 0 Å². The molecular weight excluding hydrogens is 218 g/mol. The van der Waals surface area contributed by atoms with Crippen LogP contribution in [0, 0.1) is 0 Å². The van der Waals surface area contributed by atoms with Crippen LogP contribution in [0.15, 0.2) is 0 Å². The fourth-order valence-corrected chi connectivity index (χ4v) is 2.98. The largest absolute Gasteiger partial charge is 0.444 e. The van der Waals surface area contributed by atoms with Gasteiger partial charge in [0.2, 0.25) is 0 Å². The van der Waals surface area contributed by atoms with Crippen LogP contribution in [-0.2, 0) is 9.53 Å². The molecule has 2 fully saturated rings. The number of rotatable bonds is 0. The summed E-state index contributed by atoms with van der Waals surface area (Å²) >= 11 is 0. The number of fused-ring (bicyclic) bond motifs is 2. The van der Waals surface area contributed by atoms with Crippen LogP contribution in [-0.4, -0.2) is 34.0 Å². The van der Waals surface area contributed by atoms with Gasteiger partial charge in [-0.2, -0.15) is 0 Å². The number of carbonyl (C=O) groups is 2. The molecule has 0 aromatic carbocycles. The Morgan fingerprint density at radius 1 is 1.47 bits per heavy atom. The van der Waals surface area contributed by atoms with Crippen LogP contribution in [0.4, 0.5) is 4.79 Å². The van der Waals surface area contributed by atoms with Crippen molar-refractivity contribution in [3.8, 4) is 0 Å². The second-order valence-corrected chi connectivity index (χ2v) is 6.46. The summed E-state index contributed by atoms with van der Waals surface area (Å²) in [5.41, 5.74) is -0.795. The summed E-state index contributed by atoms with van der Waals surface area (Å²) in [5.74, 6) is 0.273. The Morgan fingerprint density at radius 3 is 2.65 bits per heavy atom. The average molecular weight is 239 g/mol. The number of ketones is 1. The smallest absolute Gasteiger partial charge is 0.411 e. The van der Waals surface area contributed by atoms with Crippen molar-refractivity contribution in [3.63, 3.8) is 0 Å². The van der Waals surface area contributed by atoms with E-state index in [1.54, 1.807) is 4.90 Å².